The van der Waals surface area contributed by atoms with Crippen molar-refractivity contribution in [1.29, 1.82) is 0 Å². The van der Waals surface area contributed by atoms with Crippen molar-refractivity contribution in [3.05, 3.63) is 176 Å². The van der Waals surface area contributed by atoms with Gasteiger partial charge in [-0.15, -0.1) is 0 Å². The lowest BCUT2D eigenvalue weighted by molar-refractivity contribution is 0.666. The molecule has 0 unspecified atom stereocenters. The number of hydrogen-bond donors (Lipinski definition) is 0. The molecular formula is C47H29N3O. The first-order valence-corrected chi connectivity index (χ1v) is 17.3. The van der Waals surface area contributed by atoms with Gasteiger partial charge in [0.2, 0.25) is 0 Å². The second-order valence-corrected chi connectivity index (χ2v) is 13.2. The molecule has 0 radical (unpaired) electrons. The average Bonchev–Trinajstić information content (AvgIpc) is 3.86. The maximum atomic E-state index is 6.50. The third kappa shape index (κ3) is 4.17. The minimum Gasteiger partial charge on any atom is -0.454 e. The third-order valence-electron chi connectivity index (χ3n) is 10.4. The van der Waals surface area contributed by atoms with Crippen molar-refractivity contribution in [2.45, 2.75) is 0 Å². The smallest absolute Gasteiger partial charge is 0.159 e. The Labute approximate surface area is 293 Å². The van der Waals surface area contributed by atoms with E-state index < -0.39 is 0 Å². The third-order valence-corrected chi connectivity index (χ3v) is 10.4. The number of pyridine rings is 1. The predicted molar refractivity (Wildman–Crippen MR) is 211 cm³/mol. The summed E-state index contributed by atoms with van der Waals surface area (Å²) in [7, 11) is 0. The van der Waals surface area contributed by atoms with Crippen LogP contribution in [0.1, 0.15) is 0 Å². The summed E-state index contributed by atoms with van der Waals surface area (Å²) < 4.78 is 11.2. The first-order valence-electron chi connectivity index (χ1n) is 17.3. The number of hydrogen-bond acceptors (Lipinski definition) is 2. The fourth-order valence-electron chi connectivity index (χ4n) is 8.08. The molecule has 0 saturated carbocycles. The molecule has 0 aliphatic rings. The van der Waals surface area contributed by atoms with Crippen LogP contribution in [-0.2, 0) is 0 Å². The zero-order valence-corrected chi connectivity index (χ0v) is 27.5. The van der Waals surface area contributed by atoms with E-state index in [1.165, 1.54) is 44.1 Å². The van der Waals surface area contributed by atoms with Crippen LogP contribution in [0.3, 0.4) is 0 Å². The highest BCUT2D eigenvalue weighted by Crippen LogP contribution is 2.40. The largest absolute Gasteiger partial charge is 0.454 e. The van der Waals surface area contributed by atoms with E-state index in [9.17, 15) is 0 Å². The highest BCUT2D eigenvalue weighted by molar-refractivity contribution is 6.14. The van der Waals surface area contributed by atoms with E-state index in [0.29, 0.717) is 0 Å². The van der Waals surface area contributed by atoms with Gasteiger partial charge >= 0.3 is 0 Å². The molecule has 0 atom stereocenters. The Hall–Kier alpha value is -6.91. The molecule has 4 heteroatoms. The number of nitrogens with zero attached hydrogens (tertiary/aromatic N) is 3. The Kier molecular flexibility index (Phi) is 5.92. The lowest BCUT2D eigenvalue weighted by atomic mass is 10.0. The summed E-state index contributed by atoms with van der Waals surface area (Å²) in [5.41, 5.74) is 13.3. The van der Waals surface area contributed by atoms with Crippen LogP contribution in [0.25, 0.3) is 99.2 Å². The molecule has 238 valence electrons. The van der Waals surface area contributed by atoms with E-state index in [1.54, 1.807) is 0 Å². The topological polar surface area (TPSA) is 35.9 Å². The predicted octanol–water partition coefficient (Wildman–Crippen LogP) is 12.5. The van der Waals surface area contributed by atoms with Crippen molar-refractivity contribution in [2.75, 3.05) is 0 Å². The molecule has 4 nitrogen and oxygen atoms in total. The Morgan fingerprint density at radius 1 is 0.392 bits per heavy atom. The molecule has 11 rings (SSSR count). The molecule has 0 fully saturated rings. The second kappa shape index (κ2) is 10.8. The SMILES string of the molecule is c1ccc(-c2ccc(-n3c4ccccc4c4cc(-c5ccc6c(c5)c5cnccc5n6-c5cccc6c5oc5ccccc56)ccc43)cc2)cc1. The Bertz CT molecular complexity index is 3130. The van der Waals surface area contributed by atoms with Crippen LogP contribution < -0.4 is 0 Å². The highest BCUT2D eigenvalue weighted by Gasteiger charge is 2.19. The molecule has 4 aromatic heterocycles. The number of furan rings is 1. The molecule has 0 aliphatic heterocycles. The highest BCUT2D eigenvalue weighted by atomic mass is 16.3. The van der Waals surface area contributed by atoms with Crippen molar-refractivity contribution < 1.29 is 4.42 Å². The first kappa shape index (κ1) is 28.0. The number of benzene rings is 7. The van der Waals surface area contributed by atoms with E-state index >= 15 is 0 Å². The van der Waals surface area contributed by atoms with Crippen molar-refractivity contribution in [2.24, 2.45) is 0 Å². The summed E-state index contributed by atoms with van der Waals surface area (Å²) in [4.78, 5) is 4.56. The number of fused-ring (bicyclic) bond motifs is 9. The van der Waals surface area contributed by atoms with E-state index in [-0.39, 0.29) is 0 Å². The molecule has 7 aromatic carbocycles. The van der Waals surface area contributed by atoms with Gasteiger partial charge in [-0.1, -0.05) is 103 Å². The van der Waals surface area contributed by atoms with Crippen molar-refractivity contribution in [1.82, 2.24) is 14.1 Å². The van der Waals surface area contributed by atoms with Crippen LogP contribution in [-0.4, -0.2) is 14.1 Å². The standard InChI is InChI=1S/C47H29N3O/c1-2-9-30(10-3-1)31-17-21-34(22-18-31)49-41-14-6-4-11-35(41)38-27-32(19-23-42(38)49)33-20-24-43-39(28-33)40-29-48-26-25-44(40)50(43)45-15-8-13-37-36-12-5-7-16-46(36)51-47(37)45/h1-29H. The van der Waals surface area contributed by atoms with Crippen molar-refractivity contribution >= 4 is 65.6 Å². The fraction of sp³-hybridized carbons (Fsp3) is 0. The number of rotatable bonds is 4. The van der Waals surface area contributed by atoms with Gasteiger partial charge in [-0.3, -0.25) is 4.98 Å². The van der Waals surface area contributed by atoms with Gasteiger partial charge in [0.1, 0.15) is 5.58 Å². The average molecular weight is 652 g/mol. The van der Waals surface area contributed by atoms with Gasteiger partial charge in [0, 0.05) is 50.4 Å². The normalized spacial score (nSPS) is 11.9. The Morgan fingerprint density at radius 2 is 1.00 bits per heavy atom. The molecule has 0 spiro atoms. The van der Waals surface area contributed by atoms with E-state index in [1.807, 2.05) is 24.5 Å². The number of para-hydroxylation sites is 3. The number of aromatic nitrogens is 3. The van der Waals surface area contributed by atoms with Crippen LogP contribution in [0.2, 0.25) is 0 Å². The van der Waals surface area contributed by atoms with Gasteiger partial charge in [0.25, 0.3) is 0 Å². The van der Waals surface area contributed by atoms with Gasteiger partial charge in [0.15, 0.2) is 5.58 Å². The minimum atomic E-state index is 0.884. The molecule has 11 aromatic rings. The Morgan fingerprint density at radius 3 is 1.82 bits per heavy atom. The fourth-order valence-corrected chi connectivity index (χ4v) is 8.08. The summed E-state index contributed by atoms with van der Waals surface area (Å²) >= 11 is 0. The van der Waals surface area contributed by atoms with E-state index in [2.05, 4.69) is 166 Å². The second-order valence-electron chi connectivity index (χ2n) is 13.2. The molecule has 4 heterocycles. The monoisotopic (exact) mass is 651 g/mol. The molecule has 0 N–H and O–H groups in total. The zero-order valence-electron chi connectivity index (χ0n) is 27.5. The molecule has 0 saturated heterocycles. The van der Waals surface area contributed by atoms with E-state index in [4.69, 9.17) is 4.42 Å². The summed E-state index contributed by atoms with van der Waals surface area (Å²) in [5, 5.41) is 6.98. The van der Waals surface area contributed by atoms with Crippen molar-refractivity contribution in [3.8, 4) is 33.6 Å². The maximum absolute atomic E-state index is 6.50. The van der Waals surface area contributed by atoms with Crippen LogP contribution in [0, 0.1) is 0 Å². The quantitative estimate of drug-likeness (QED) is 0.190. The molecule has 0 aliphatic carbocycles. The summed E-state index contributed by atoms with van der Waals surface area (Å²) in [5.74, 6) is 0. The van der Waals surface area contributed by atoms with Crippen molar-refractivity contribution in [3.63, 3.8) is 0 Å². The maximum Gasteiger partial charge on any atom is 0.159 e. The van der Waals surface area contributed by atoms with Crippen LogP contribution in [0.15, 0.2) is 181 Å². The zero-order chi connectivity index (χ0) is 33.5. The molecule has 0 amide bonds. The Balaban J connectivity index is 1.07. The summed E-state index contributed by atoms with van der Waals surface area (Å²) in [6.07, 6.45) is 3.85. The van der Waals surface area contributed by atoms with Crippen LogP contribution in [0.4, 0.5) is 0 Å². The van der Waals surface area contributed by atoms with Gasteiger partial charge < -0.3 is 13.6 Å². The lowest BCUT2D eigenvalue weighted by Gasteiger charge is -2.10. The van der Waals surface area contributed by atoms with E-state index in [0.717, 1.165) is 55.1 Å². The lowest BCUT2D eigenvalue weighted by Crippen LogP contribution is -1.94. The minimum absolute atomic E-state index is 0.884. The van der Waals surface area contributed by atoms with Gasteiger partial charge in [-0.2, -0.15) is 0 Å². The van der Waals surface area contributed by atoms with Gasteiger partial charge in [0.05, 0.1) is 27.8 Å². The molecular weight excluding hydrogens is 623 g/mol. The summed E-state index contributed by atoms with van der Waals surface area (Å²) in [6, 6.07) is 58.6. The van der Waals surface area contributed by atoms with Crippen LogP contribution in [0.5, 0.6) is 0 Å². The molecule has 0 bridgehead atoms. The van der Waals surface area contributed by atoms with Crippen LogP contribution >= 0.6 is 0 Å². The molecule has 51 heavy (non-hydrogen) atoms. The van der Waals surface area contributed by atoms with Gasteiger partial charge in [-0.05, 0) is 82.9 Å². The van der Waals surface area contributed by atoms with Gasteiger partial charge in [-0.25, -0.2) is 0 Å². The first-order chi connectivity index (χ1) is 25.3. The summed E-state index contributed by atoms with van der Waals surface area (Å²) in [6.45, 7) is 0.